The number of nitrogens with two attached hydrogens (primary N) is 1. The first-order valence-electron chi connectivity index (χ1n) is 4.49. The summed E-state index contributed by atoms with van der Waals surface area (Å²) in [6, 6.07) is 0. The van der Waals surface area contributed by atoms with Crippen molar-refractivity contribution in [1.82, 2.24) is 5.32 Å². The number of aliphatic hydroxyl groups is 1. The number of nitrogens with one attached hydrogen (secondary N) is 1. The maximum atomic E-state index is 12.5. The second-order valence-electron chi connectivity index (χ2n) is 3.06. The van der Waals surface area contributed by atoms with Crippen molar-refractivity contribution in [3.63, 3.8) is 0 Å². The molecule has 0 aliphatic rings. The Hall–Kier alpha value is -0.890. The number of aliphatic hydroxyl groups excluding tert-OH is 1. The molecule has 0 fully saturated rings. The Morgan fingerprint density at radius 1 is 1.44 bits per heavy atom. The quantitative estimate of drug-likeness (QED) is 0.503. The predicted octanol–water partition coefficient (Wildman–Crippen LogP) is -0.661. The maximum Gasteiger partial charge on any atom is 0.287 e. The van der Waals surface area contributed by atoms with Crippen molar-refractivity contribution in [3.05, 3.63) is 0 Å². The van der Waals surface area contributed by atoms with Crippen LogP contribution in [0.5, 0.6) is 0 Å². The number of hydrogen-bond acceptors (Lipinski definition) is 4. The van der Waals surface area contributed by atoms with Crippen LogP contribution in [0.4, 0.5) is 8.78 Å². The lowest BCUT2D eigenvalue weighted by Gasteiger charge is -2.13. The lowest BCUT2D eigenvalue weighted by molar-refractivity contribution is -0.123. The minimum Gasteiger partial charge on any atom is -0.390 e. The summed E-state index contributed by atoms with van der Waals surface area (Å²) < 4.78 is 25.0. The summed E-state index contributed by atoms with van der Waals surface area (Å²) in [5.74, 6) is -3.91. The normalized spacial score (nSPS) is 11.2. The minimum atomic E-state index is -3.30. The Morgan fingerprint density at radius 3 is 2.56 bits per heavy atom. The molecule has 0 saturated heterocycles. The second-order valence-corrected chi connectivity index (χ2v) is 4.16. The van der Waals surface area contributed by atoms with Crippen molar-refractivity contribution < 1.29 is 23.5 Å². The van der Waals surface area contributed by atoms with Gasteiger partial charge in [-0.2, -0.15) is 11.8 Å². The van der Waals surface area contributed by atoms with E-state index < -0.39 is 30.9 Å². The van der Waals surface area contributed by atoms with Crippen LogP contribution in [-0.2, 0) is 9.59 Å². The first kappa shape index (κ1) is 15.1. The molecule has 0 unspecified atom stereocenters. The van der Waals surface area contributed by atoms with Crippen LogP contribution in [0.3, 0.4) is 0 Å². The zero-order valence-corrected chi connectivity index (χ0v) is 9.36. The molecular weight excluding hydrogens is 242 g/mol. The van der Waals surface area contributed by atoms with Gasteiger partial charge in [0.05, 0.1) is 12.3 Å². The molecule has 0 aliphatic carbocycles. The third-order valence-electron chi connectivity index (χ3n) is 1.49. The number of carbonyl (C=O) groups excluding carboxylic acids is 2. The molecular formula is C8H14F2N2O3S. The van der Waals surface area contributed by atoms with Gasteiger partial charge in [0.15, 0.2) is 0 Å². The SMILES string of the molecule is NC(=O)CSCCC(=O)NCC(F)(F)CO. The van der Waals surface area contributed by atoms with Gasteiger partial charge in [-0.05, 0) is 0 Å². The van der Waals surface area contributed by atoms with Gasteiger partial charge in [-0.25, -0.2) is 8.78 Å². The Kier molecular flexibility index (Phi) is 6.98. The van der Waals surface area contributed by atoms with Gasteiger partial charge in [-0.3, -0.25) is 9.59 Å². The molecule has 0 saturated carbocycles. The van der Waals surface area contributed by atoms with Gasteiger partial charge >= 0.3 is 0 Å². The first-order chi connectivity index (χ1) is 7.37. The third kappa shape index (κ3) is 8.42. The number of primary amides is 1. The number of halogens is 2. The zero-order chi connectivity index (χ0) is 12.6. The Morgan fingerprint density at radius 2 is 2.06 bits per heavy atom. The molecule has 8 heteroatoms. The molecule has 0 bridgehead atoms. The van der Waals surface area contributed by atoms with Gasteiger partial charge in [0.2, 0.25) is 11.8 Å². The van der Waals surface area contributed by atoms with E-state index in [0.29, 0.717) is 5.75 Å². The van der Waals surface area contributed by atoms with E-state index in [1.54, 1.807) is 0 Å². The topological polar surface area (TPSA) is 92.4 Å². The summed E-state index contributed by atoms with van der Waals surface area (Å²) in [5, 5.41) is 10.2. The Bertz CT molecular complexity index is 251. The molecule has 0 aromatic heterocycles. The average Bonchev–Trinajstić information content (AvgIpc) is 2.21. The fourth-order valence-electron chi connectivity index (χ4n) is 0.710. The standard InChI is InChI=1S/C8H14F2N2O3S/c9-8(10,5-13)4-12-7(15)1-2-16-3-6(11)14/h13H,1-5H2,(H2,11,14)(H,12,15). The molecule has 94 valence electrons. The highest BCUT2D eigenvalue weighted by Gasteiger charge is 2.27. The van der Waals surface area contributed by atoms with Crippen LogP contribution in [0.25, 0.3) is 0 Å². The summed E-state index contributed by atoms with van der Waals surface area (Å²) >= 11 is 1.16. The number of rotatable bonds is 8. The number of amides is 2. The van der Waals surface area contributed by atoms with Crippen LogP contribution in [0.15, 0.2) is 0 Å². The number of hydrogen-bond donors (Lipinski definition) is 3. The molecule has 2 amide bonds. The lowest BCUT2D eigenvalue weighted by Crippen LogP contribution is -2.39. The monoisotopic (exact) mass is 256 g/mol. The molecule has 0 atom stereocenters. The highest BCUT2D eigenvalue weighted by molar-refractivity contribution is 7.99. The van der Waals surface area contributed by atoms with E-state index in [9.17, 15) is 18.4 Å². The van der Waals surface area contributed by atoms with E-state index in [-0.39, 0.29) is 12.2 Å². The second kappa shape index (κ2) is 7.39. The largest absolute Gasteiger partial charge is 0.390 e. The maximum absolute atomic E-state index is 12.5. The van der Waals surface area contributed by atoms with Gasteiger partial charge in [0, 0.05) is 12.2 Å². The van der Waals surface area contributed by atoms with E-state index in [0.717, 1.165) is 11.8 Å². The molecule has 16 heavy (non-hydrogen) atoms. The van der Waals surface area contributed by atoms with Crippen molar-refractivity contribution in [3.8, 4) is 0 Å². The summed E-state index contributed by atoms with van der Waals surface area (Å²) in [5.41, 5.74) is 4.86. The Labute approximate surface area is 95.8 Å². The highest BCUT2D eigenvalue weighted by Crippen LogP contribution is 2.10. The fourth-order valence-corrected chi connectivity index (χ4v) is 1.39. The van der Waals surface area contributed by atoms with E-state index in [2.05, 4.69) is 0 Å². The molecule has 5 nitrogen and oxygen atoms in total. The summed E-state index contributed by atoms with van der Waals surface area (Å²) in [4.78, 5) is 21.3. The average molecular weight is 256 g/mol. The van der Waals surface area contributed by atoms with E-state index in [1.807, 2.05) is 5.32 Å². The third-order valence-corrected chi connectivity index (χ3v) is 2.47. The van der Waals surface area contributed by atoms with Gasteiger partial charge in [-0.15, -0.1) is 0 Å². The van der Waals surface area contributed by atoms with Crippen LogP contribution >= 0.6 is 11.8 Å². The van der Waals surface area contributed by atoms with Gasteiger partial charge < -0.3 is 16.2 Å². The molecule has 4 N–H and O–H groups in total. The molecule has 0 radical (unpaired) electrons. The molecule has 0 aromatic carbocycles. The summed E-state index contributed by atoms with van der Waals surface area (Å²) in [6.07, 6.45) is 0.0272. The molecule has 0 aliphatic heterocycles. The van der Waals surface area contributed by atoms with Gasteiger partial charge in [-0.1, -0.05) is 0 Å². The first-order valence-corrected chi connectivity index (χ1v) is 5.64. The van der Waals surface area contributed by atoms with Gasteiger partial charge in [0.25, 0.3) is 5.92 Å². The van der Waals surface area contributed by atoms with Crippen LogP contribution < -0.4 is 11.1 Å². The van der Waals surface area contributed by atoms with Crippen LogP contribution in [0, 0.1) is 0 Å². The van der Waals surface area contributed by atoms with E-state index in [1.165, 1.54) is 0 Å². The van der Waals surface area contributed by atoms with Crippen molar-refractivity contribution in [2.45, 2.75) is 12.3 Å². The summed E-state index contributed by atoms with van der Waals surface area (Å²) in [7, 11) is 0. The minimum absolute atomic E-state index is 0.0272. The van der Waals surface area contributed by atoms with Crippen molar-refractivity contribution >= 4 is 23.6 Å². The van der Waals surface area contributed by atoms with Crippen LogP contribution in [0.2, 0.25) is 0 Å². The van der Waals surface area contributed by atoms with Gasteiger partial charge in [0.1, 0.15) is 6.61 Å². The zero-order valence-electron chi connectivity index (χ0n) is 8.54. The number of alkyl halides is 2. The van der Waals surface area contributed by atoms with E-state index >= 15 is 0 Å². The van der Waals surface area contributed by atoms with Crippen molar-refractivity contribution in [1.29, 1.82) is 0 Å². The molecule has 0 spiro atoms. The molecule has 0 rings (SSSR count). The molecule has 0 aromatic rings. The number of carbonyl (C=O) groups is 2. The summed E-state index contributed by atoms with van der Waals surface area (Å²) in [6.45, 7) is -2.19. The van der Waals surface area contributed by atoms with Crippen LogP contribution in [-0.4, -0.2) is 47.5 Å². The van der Waals surface area contributed by atoms with Crippen molar-refractivity contribution in [2.24, 2.45) is 5.73 Å². The van der Waals surface area contributed by atoms with Crippen LogP contribution in [0.1, 0.15) is 6.42 Å². The Balaban J connectivity index is 3.56. The molecule has 0 heterocycles. The lowest BCUT2D eigenvalue weighted by atomic mass is 10.3. The highest BCUT2D eigenvalue weighted by atomic mass is 32.2. The predicted molar refractivity (Wildman–Crippen MR) is 56.2 cm³/mol. The smallest absolute Gasteiger partial charge is 0.287 e. The van der Waals surface area contributed by atoms with E-state index in [4.69, 9.17) is 10.8 Å². The fraction of sp³-hybridized carbons (Fsp3) is 0.750. The van der Waals surface area contributed by atoms with Crippen molar-refractivity contribution in [2.75, 3.05) is 24.7 Å². The number of thioether (sulfide) groups is 1.